The summed E-state index contributed by atoms with van der Waals surface area (Å²) in [7, 11) is 0. The Kier molecular flexibility index (Phi) is 5.77. The van der Waals surface area contributed by atoms with Crippen molar-refractivity contribution >= 4 is 0 Å². The van der Waals surface area contributed by atoms with Crippen LogP contribution >= 0.6 is 0 Å². The van der Waals surface area contributed by atoms with Crippen LogP contribution in [0.5, 0.6) is 11.5 Å². The molecule has 4 nitrogen and oxygen atoms in total. The molecule has 194 valence electrons. The van der Waals surface area contributed by atoms with Crippen molar-refractivity contribution in [2.75, 3.05) is 26.4 Å². The van der Waals surface area contributed by atoms with Crippen LogP contribution in [0.15, 0.2) is 6.07 Å². The van der Waals surface area contributed by atoms with Crippen LogP contribution in [0.3, 0.4) is 0 Å². The molecule has 1 aromatic carbocycles. The summed E-state index contributed by atoms with van der Waals surface area (Å²) in [5.41, 5.74) is 4.47. The number of epoxide rings is 2. The van der Waals surface area contributed by atoms with Crippen LogP contribution in [0.1, 0.15) is 103 Å². The van der Waals surface area contributed by atoms with Crippen molar-refractivity contribution in [3.63, 3.8) is 0 Å². The van der Waals surface area contributed by atoms with Gasteiger partial charge in [-0.2, -0.15) is 0 Å². The first kappa shape index (κ1) is 24.1. The Hall–Kier alpha value is -1.26. The summed E-state index contributed by atoms with van der Waals surface area (Å²) >= 11 is 0. The minimum atomic E-state index is -0.0919. The molecule has 0 aromatic heterocycles. The van der Waals surface area contributed by atoms with Gasteiger partial charge in [-0.15, -0.1) is 0 Å². The van der Waals surface area contributed by atoms with Gasteiger partial charge in [0, 0.05) is 16.5 Å². The molecule has 6 aliphatic rings. The van der Waals surface area contributed by atoms with Crippen LogP contribution in [0.25, 0.3) is 0 Å². The molecule has 2 heterocycles. The predicted octanol–water partition coefficient (Wildman–Crippen LogP) is 6.69. The molecule has 4 bridgehead atoms. The van der Waals surface area contributed by atoms with Gasteiger partial charge in [-0.05, 0) is 85.2 Å². The van der Waals surface area contributed by atoms with Gasteiger partial charge in [0.05, 0.1) is 13.2 Å². The molecule has 2 saturated heterocycles. The van der Waals surface area contributed by atoms with Gasteiger partial charge >= 0.3 is 0 Å². The second-order valence-electron chi connectivity index (χ2n) is 14.2. The van der Waals surface area contributed by atoms with E-state index in [4.69, 9.17) is 18.9 Å². The van der Waals surface area contributed by atoms with Crippen LogP contribution in [0.4, 0.5) is 0 Å². The standard InChI is InChI=1S/C31H46O4/c1-7-30(5,6)24-11-25(34-17-22-15-32-22)27(29(2,3)4)28(35-18-23-16-33-23)26(24)31-12-19-8-20(13-31)10-21(9-19)14-31/h11,19-23H,7-10,12-18H2,1-6H3. The zero-order valence-electron chi connectivity index (χ0n) is 22.9. The molecule has 0 N–H and O–H groups in total. The summed E-state index contributed by atoms with van der Waals surface area (Å²) in [5.74, 6) is 4.81. The van der Waals surface area contributed by atoms with E-state index in [1.807, 2.05) is 0 Å². The van der Waals surface area contributed by atoms with Gasteiger partial charge in [0.15, 0.2) is 0 Å². The third kappa shape index (κ3) is 4.52. The normalized spacial score (nSPS) is 35.3. The maximum absolute atomic E-state index is 6.92. The maximum atomic E-state index is 6.92. The number of rotatable bonds is 9. The van der Waals surface area contributed by atoms with Crippen LogP contribution in [-0.2, 0) is 25.7 Å². The first-order valence-corrected chi connectivity index (χ1v) is 14.3. The lowest BCUT2D eigenvalue weighted by Gasteiger charge is -2.58. The fraction of sp³-hybridized carbons (Fsp3) is 0.806. The van der Waals surface area contributed by atoms with E-state index in [0.29, 0.717) is 13.2 Å². The van der Waals surface area contributed by atoms with Crippen LogP contribution < -0.4 is 9.47 Å². The quantitative estimate of drug-likeness (QED) is 0.368. The van der Waals surface area contributed by atoms with Gasteiger partial charge in [-0.3, -0.25) is 0 Å². The number of hydrogen-bond acceptors (Lipinski definition) is 4. The topological polar surface area (TPSA) is 43.5 Å². The Balaban J connectivity index is 1.57. The average Bonchev–Trinajstić information content (AvgIpc) is 3.69. The summed E-state index contributed by atoms with van der Waals surface area (Å²) in [5, 5.41) is 0. The molecule has 4 saturated carbocycles. The van der Waals surface area contributed by atoms with E-state index in [9.17, 15) is 0 Å². The molecule has 2 atom stereocenters. The SMILES string of the molecule is CCC(C)(C)c1cc(OCC2CO2)c(C(C)(C)C)c(OCC2CO2)c1C12CC3CC(CC(C3)C1)C2. The highest BCUT2D eigenvalue weighted by molar-refractivity contribution is 5.62. The Morgan fingerprint density at radius 2 is 1.37 bits per heavy atom. The van der Waals surface area contributed by atoms with Gasteiger partial charge in [-0.25, -0.2) is 0 Å². The Morgan fingerprint density at radius 3 is 1.83 bits per heavy atom. The first-order chi connectivity index (χ1) is 16.6. The van der Waals surface area contributed by atoms with Crippen molar-refractivity contribution in [1.29, 1.82) is 0 Å². The number of benzene rings is 1. The van der Waals surface area contributed by atoms with E-state index in [-0.39, 0.29) is 28.5 Å². The van der Waals surface area contributed by atoms with Crippen LogP contribution in [0.2, 0.25) is 0 Å². The van der Waals surface area contributed by atoms with Crippen LogP contribution in [-0.4, -0.2) is 38.6 Å². The second kappa shape index (κ2) is 8.38. The van der Waals surface area contributed by atoms with Gasteiger partial charge in [0.25, 0.3) is 0 Å². The largest absolute Gasteiger partial charge is 0.490 e. The average molecular weight is 483 g/mol. The summed E-state index contributed by atoms with van der Waals surface area (Å²) in [6.07, 6.45) is 9.92. The van der Waals surface area contributed by atoms with E-state index in [1.54, 1.807) is 5.56 Å². The smallest absolute Gasteiger partial charge is 0.130 e. The molecule has 4 aliphatic carbocycles. The van der Waals surface area contributed by atoms with Gasteiger partial charge in [0.2, 0.25) is 0 Å². The summed E-state index contributed by atoms with van der Waals surface area (Å²) in [4.78, 5) is 0. The molecule has 6 fully saturated rings. The van der Waals surface area contributed by atoms with Gasteiger partial charge in [-0.1, -0.05) is 41.5 Å². The highest BCUT2D eigenvalue weighted by Crippen LogP contribution is 2.64. The molecular formula is C31H46O4. The zero-order chi connectivity index (χ0) is 24.6. The zero-order valence-corrected chi connectivity index (χ0v) is 22.9. The second-order valence-corrected chi connectivity index (χ2v) is 14.2. The monoisotopic (exact) mass is 482 g/mol. The lowest BCUT2D eigenvalue weighted by Crippen LogP contribution is -2.49. The van der Waals surface area contributed by atoms with E-state index in [2.05, 4.69) is 47.6 Å². The molecule has 7 rings (SSSR count). The molecule has 2 aliphatic heterocycles. The fourth-order valence-corrected chi connectivity index (χ4v) is 7.96. The third-order valence-corrected chi connectivity index (χ3v) is 9.82. The minimum absolute atomic E-state index is 0.0530. The Labute approximate surface area is 212 Å². The van der Waals surface area contributed by atoms with Crippen molar-refractivity contribution in [3.8, 4) is 11.5 Å². The highest BCUT2D eigenvalue weighted by atomic mass is 16.6. The molecular weight excluding hydrogens is 436 g/mol. The molecule has 4 heteroatoms. The van der Waals surface area contributed by atoms with Crippen molar-refractivity contribution in [2.24, 2.45) is 17.8 Å². The molecule has 1 aromatic rings. The fourth-order valence-electron chi connectivity index (χ4n) is 7.96. The molecule has 0 spiro atoms. The lowest BCUT2D eigenvalue weighted by molar-refractivity contribution is -0.00745. The van der Waals surface area contributed by atoms with Crippen molar-refractivity contribution in [2.45, 2.75) is 115 Å². The van der Waals surface area contributed by atoms with Crippen LogP contribution in [0, 0.1) is 17.8 Å². The summed E-state index contributed by atoms with van der Waals surface area (Å²) < 4.78 is 24.6. The summed E-state index contributed by atoms with van der Waals surface area (Å²) in [6, 6.07) is 2.43. The highest BCUT2D eigenvalue weighted by Gasteiger charge is 2.54. The molecule has 0 amide bonds. The van der Waals surface area contributed by atoms with E-state index >= 15 is 0 Å². The first-order valence-electron chi connectivity index (χ1n) is 14.3. The Morgan fingerprint density at radius 1 is 0.857 bits per heavy atom. The van der Waals surface area contributed by atoms with E-state index < -0.39 is 0 Å². The number of ether oxygens (including phenoxy) is 4. The van der Waals surface area contributed by atoms with Gasteiger partial charge in [0.1, 0.15) is 36.9 Å². The minimum Gasteiger partial charge on any atom is -0.490 e. The molecule has 0 radical (unpaired) electrons. The van der Waals surface area contributed by atoms with E-state index in [0.717, 1.165) is 48.9 Å². The third-order valence-electron chi connectivity index (χ3n) is 9.82. The predicted molar refractivity (Wildman–Crippen MR) is 139 cm³/mol. The maximum Gasteiger partial charge on any atom is 0.130 e. The molecule has 2 unspecified atom stereocenters. The van der Waals surface area contributed by atoms with Crippen molar-refractivity contribution < 1.29 is 18.9 Å². The number of hydrogen-bond donors (Lipinski definition) is 0. The summed E-state index contributed by atoms with van der Waals surface area (Å²) in [6.45, 7) is 17.0. The van der Waals surface area contributed by atoms with Gasteiger partial charge < -0.3 is 18.9 Å². The lowest BCUT2D eigenvalue weighted by atomic mass is 9.47. The van der Waals surface area contributed by atoms with E-state index in [1.165, 1.54) is 49.7 Å². The molecule has 35 heavy (non-hydrogen) atoms. The van der Waals surface area contributed by atoms with Crippen molar-refractivity contribution in [3.05, 3.63) is 22.8 Å². The Bertz CT molecular complexity index is 928. The van der Waals surface area contributed by atoms with Crippen molar-refractivity contribution in [1.82, 2.24) is 0 Å².